The van der Waals surface area contributed by atoms with Gasteiger partial charge in [-0.25, -0.2) is 4.98 Å². The molecule has 1 unspecified atom stereocenters. The van der Waals surface area contributed by atoms with Crippen LogP contribution in [-0.2, 0) is 6.54 Å². The molecule has 2 rings (SSSR count). The minimum absolute atomic E-state index is 0.534. The van der Waals surface area contributed by atoms with Crippen LogP contribution in [0.3, 0.4) is 0 Å². The lowest BCUT2D eigenvalue weighted by atomic mass is 10.2. The number of nitrogens with one attached hydrogen (secondary N) is 1. The Morgan fingerprint density at radius 1 is 1.35 bits per heavy atom. The summed E-state index contributed by atoms with van der Waals surface area (Å²) in [5.41, 5.74) is 2.17. The Morgan fingerprint density at radius 3 is 2.80 bits per heavy atom. The second-order valence-electron chi connectivity index (χ2n) is 4.92. The summed E-state index contributed by atoms with van der Waals surface area (Å²) in [6, 6.07) is 8.57. The number of hydrogen-bond acceptors (Lipinski definition) is 4. The van der Waals surface area contributed by atoms with E-state index in [1.807, 2.05) is 18.2 Å². The van der Waals surface area contributed by atoms with Crippen molar-refractivity contribution in [2.45, 2.75) is 39.8 Å². The molecule has 0 aliphatic carbocycles. The van der Waals surface area contributed by atoms with Crippen LogP contribution in [0.5, 0.6) is 5.75 Å². The van der Waals surface area contributed by atoms with Gasteiger partial charge < -0.3 is 10.1 Å². The summed E-state index contributed by atoms with van der Waals surface area (Å²) in [6.07, 6.45) is 1.14. The first kappa shape index (κ1) is 15.0. The Balaban J connectivity index is 2.22. The van der Waals surface area contributed by atoms with E-state index < -0.39 is 0 Å². The largest absolute Gasteiger partial charge is 0.496 e. The number of hydrogen-bond donors (Lipinski definition) is 1. The highest BCUT2D eigenvalue weighted by atomic mass is 32.1. The van der Waals surface area contributed by atoms with E-state index in [0.29, 0.717) is 6.04 Å². The molecule has 0 saturated carbocycles. The molecule has 0 radical (unpaired) electrons. The number of nitrogens with zero attached hydrogens (tertiary/aromatic N) is 1. The summed E-state index contributed by atoms with van der Waals surface area (Å²) >= 11 is 1.74. The van der Waals surface area contributed by atoms with Crippen LogP contribution in [0.2, 0.25) is 0 Å². The second-order valence-corrected chi connectivity index (χ2v) is 6.00. The third-order valence-electron chi connectivity index (χ3n) is 3.45. The smallest absolute Gasteiger partial charge is 0.129 e. The standard InChI is InChI=1S/C16H22N2OS/c1-5-11(2)17-10-15-12(3)18-16(20-15)13-8-6-7-9-14(13)19-4/h6-9,11,17H,5,10H2,1-4H3. The molecule has 1 N–H and O–H groups in total. The van der Waals surface area contributed by atoms with E-state index in [0.717, 1.165) is 35.0 Å². The van der Waals surface area contributed by atoms with Gasteiger partial charge in [0, 0.05) is 17.5 Å². The SMILES string of the molecule is CCC(C)NCc1sc(-c2ccccc2OC)nc1C. The monoisotopic (exact) mass is 290 g/mol. The van der Waals surface area contributed by atoms with Gasteiger partial charge in [-0.2, -0.15) is 0 Å². The van der Waals surface area contributed by atoms with Gasteiger partial charge in [0.25, 0.3) is 0 Å². The van der Waals surface area contributed by atoms with Gasteiger partial charge in [-0.05, 0) is 32.4 Å². The van der Waals surface area contributed by atoms with Crippen LogP contribution in [0.4, 0.5) is 0 Å². The topological polar surface area (TPSA) is 34.1 Å². The highest BCUT2D eigenvalue weighted by Crippen LogP contribution is 2.34. The third kappa shape index (κ3) is 3.38. The van der Waals surface area contributed by atoms with Crippen LogP contribution >= 0.6 is 11.3 Å². The first-order valence-corrected chi connectivity index (χ1v) is 7.80. The van der Waals surface area contributed by atoms with E-state index >= 15 is 0 Å². The molecular formula is C16H22N2OS. The van der Waals surface area contributed by atoms with Crippen LogP contribution < -0.4 is 10.1 Å². The van der Waals surface area contributed by atoms with Crippen molar-refractivity contribution in [2.24, 2.45) is 0 Å². The Labute approximate surface area is 125 Å². The zero-order valence-corrected chi connectivity index (χ0v) is 13.4. The zero-order valence-electron chi connectivity index (χ0n) is 12.6. The second kappa shape index (κ2) is 6.86. The van der Waals surface area contributed by atoms with Gasteiger partial charge in [0.2, 0.25) is 0 Å². The molecule has 4 heteroatoms. The Bertz CT molecular complexity index is 565. The minimum atomic E-state index is 0.534. The molecule has 0 bridgehead atoms. The molecule has 1 aromatic carbocycles. The van der Waals surface area contributed by atoms with Gasteiger partial charge in [0.1, 0.15) is 10.8 Å². The molecule has 2 aromatic rings. The number of para-hydroxylation sites is 1. The van der Waals surface area contributed by atoms with Crippen molar-refractivity contribution in [3.63, 3.8) is 0 Å². The van der Waals surface area contributed by atoms with Gasteiger partial charge >= 0.3 is 0 Å². The van der Waals surface area contributed by atoms with Gasteiger partial charge in [-0.3, -0.25) is 0 Å². The summed E-state index contributed by atoms with van der Waals surface area (Å²) < 4.78 is 5.42. The summed E-state index contributed by atoms with van der Waals surface area (Å²) in [4.78, 5) is 5.99. The van der Waals surface area contributed by atoms with Crippen LogP contribution in [0, 0.1) is 6.92 Å². The number of thiazole rings is 1. The van der Waals surface area contributed by atoms with Crippen molar-refractivity contribution in [3.8, 4) is 16.3 Å². The Morgan fingerprint density at radius 2 is 2.10 bits per heavy atom. The van der Waals surface area contributed by atoms with Crippen molar-refractivity contribution in [1.29, 1.82) is 0 Å². The van der Waals surface area contributed by atoms with E-state index in [2.05, 4.69) is 32.2 Å². The molecular weight excluding hydrogens is 268 g/mol. The van der Waals surface area contributed by atoms with Crippen LogP contribution in [0.15, 0.2) is 24.3 Å². The minimum Gasteiger partial charge on any atom is -0.496 e. The van der Waals surface area contributed by atoms with Crippen molar-refractivity contribution in [3.05, 3.63) is 34.8 Å². The fraction of sp³-hybridized carbons (Fsp3) is 0.438. The van der Waals surface area contributed by atoms with Gasteiger partial charge in [0.15, 0.2) is 0 Å². The van der Waals surface area contributed by atoms with E-state index in [1.165, 1.54) is 4.88 Å². The van der Waals surface area contributed by atoms with Gasteiger partial charge in [-0.15, -0.1) is 11.3 Å². The number of rotatable bonds is 6. The van der Waals surface area contributed by atoms with Gasteiger partial charge in [-0.1, -0.05) is 19.1 Å². The summed E-state index contributed by atoms with van der Waals surface area (Å²) in [5, 5.41) is 4.55. The van der Waals surface area contributed by atoms with E-state index in [1.54, 1.807) is 18.4 Å². The van der Waals surface area contributed by atoms with Crippen molar-refractivity contribution in [2.75, 3.05) is 7.11 Å². The number of aryl methyl sites for hydroxylation is 1. The van der Waals surface area contributed by atoms with Crippen molar-refractivity contribution < 1.29 is 4.74 Å². The summed E-state index contributed by atoms with van der Waals surface area (Å²) in [6.45, 7) is 7.35. The lowest BCUT2D eigenvalue weighted by molar-refractivity contribution is 0.416. The average Bonchev–Trinajstić information content (AvgIpc) is 2.85. The molecule has 0 amide bonds. The summed E-state index contributed by atoms with van der Waals surface area (Å²) in [5.74, 6) is 0.877. The number of benzene rings is 1. The fourth-order valence-electron chi connectivity index (χ4n) is 1.94. The lowest BCUT2D eigenvalue weighted by Gasteiger charge is -2.09. The summed E-state index contributed by atoms with van der Waals surface area (Å²) in [7, 11) is 1.70. The number of aromatic nitrogens is 1. The molecule has 0 aliphatic heterocycles. The van der Waals surface area contributed by atoms with Crippen LogP contribution in [0.25, 0.3) is 10.6 Å². The van der Waals surface area contributed by atoms with Crippen molar-refractivity contribution >= 4 is 11.3 Å². The number of methoxy groups -OCH3 is 1. The van der Waals surface area contributed by atoms with E-state index in [-0.39, 0.29) is 0 Å². The van der Waals surface area contributed by atoms with Crippen LogP contribution in [-0.4, -0.2) is 18.1 Å². The molecule has 0 fully saturated rings. The molecule has 0 spiro atoms. The molecule has 0 aliphatic rings. The maximum atomic E-state index is 5.42. The highest BCUT2D eigenvalue weighted by Gasteiger charge is 2.13. The lowest BCUT2D eigenvalue weighted by Crippen LogP contribution is -2.24. The Hall–Kier alpha value is -1.39. The molecule has 108 valence electrons. The highest BCUT2D eigenvalue weighted by molar-refractivity contribution is 7.15. The number of ether oxygens (including phenoxy) is 1. The first-order chi connectivity index (χ1) is 9.65. The van der Waals surface area contributed by atoms with Crippen molar-refractivity contribution in [1.82, 2.24) is 10.3 Å². The normalized spacial score (nSPS) is 12.4. The Kier molecular flexibility index (Phi) is 5.15. The molecule has 1 aromatic heterocycles. The van der Waals surface area contributed by atoms with Gasteiger partial charge in [0.05, 0.1) is 18.4 Å². The predicted octanol–water partition coefficient (Wildman–Crippen LogP) is 4.02. The maximum absolute atomic E-state index is 5.42. The molecule has 20 heavy (non-hydrogen) atoms. The quantitative estimate of drug-likeness (QED) is 0.872. The molecule has 0 saturated heterocycles. The van der Waals surface area contributed by atoms with Crippen LogP contribution in [0.1, 0.15) is 30.8 Å². The predicted molar refractivity (Wildman–Crippen MR) is 85.4 cm³/mol. The first-order valence-electron chi connectivity index (χ1n) is 6.98. The molecule has 1 heterocycles. The third-order valence-corrected chi connectivity index (χ3v) is 4.64. The maximum Gasteiger partial charge on any atom is 0.129 e. The fourth-order valence-corrected chi connectivity index (χ4v) is 2.98. The van der Waals surface area contributed by atoms with E-state index in [4.69, 9.17) is 9.72 Å². The molecule has 3 nitrogen and oxygen atoms in total. The average molecular weight is 290 g/mol. The molecule has 1 atom stereocenters. The van der Waals surface area contributed by atoms with E-state index in [9.17, 15) is 0 Å². The zero-order chi connectivity index (χ0) is 14.5.